The van der Waals surface area contributed by atoms with Gasteiger partial charge in [0.15, 0.2) is 0 Å². The summed E-state index contributed by atoms with van der Waals surface area (Å²) in [6, 6.07) is 7.82. The number of halogens is 3. The number of ether oxygens (including phenoxy) is 2. The van der Waals surface area contributed by atoms with Crippen LogP contribution in [0.15, 0.2) is 42.6 Å². The van der Waals surface area contributed by atoms with Gasteiger partial charge in [0.05, 0.1) is 36.2 Å². The number of carbonyl (C=O) groups excluding carboxylic acids is 3. The number of amides is 3. The Balaban J connectivity index is 1.13. The summed E-state index contributed by atoms with van der Waals surface area (Å²) in [5, 5.41) is 2.50. The van der Waals surface area contributed by atoms with Gasteiger partial charge in [0, 0.05) is 23.7 Å². The molecule has 0 saturated carbocycles. The molecule has 3 saturated heterocycles. The third-order valence-electron chi connectivity index (χ3n) is 7.09. The van der Waals surface area contributed by atoms with Crippen molar-refractivity contribution in [3.63, 3.8) is 0 Å². The van der Waals surface area contributed by atoms with Gasteiger partial charge in [0.1, 0.15) is 5.82 Å². The Morgan fingerprint density at radius 1 is 1.03 bits per heavy atom. The molecule has 0 radical (unpaired) electrons. The average molecular weight is 518 g/mol. The lowest BCUT2D eigenvalue weighted by molar-refractivity contribution is -0.144. The molecule has 3 fully saturated rings. The van der Waals surface area contributed by atoms with Crippen LogP contribution in [0.5, 0.6) is 0 Å². The average Bonchev–Trinajstić information content (AvgIpc) is 3.53. The Morgan fingerprint density at radius 2 is 1.62 bits per heavy atom. The van der Waals surface area contributed by atoms with Crippen molar-refractivity contribution in [1.29, 1.82) is 0 Å². The first-order chi connectivity index (χ1) is 17.4. The molecule has 2 aromatic rings. The van der Waals surface area contributed by atoms with Crippen LogP contribution in [0.1, 0.15) is 32.3 Å². The lowest BCUT2D eigenvalue weighted by Gasteiger charge is -2.29. The zero-order valence-corrected chi connectivity index (χ0v) is 20.2. The molecule has 2 bridgehead atoms. The standard InChI is InChI=1S/C26H26F3N3O5/c1-25(2,12-32-22(33)20-17-8-9-18(37-17)21(20)23(32)34)13-36-24(35)31-19-10-5-15(11-30-19)14-3-6-16(7-4-14)26(27,28)29/h3-7,10-11,17-18,20-21H,8-9,12-13H2,1-2H3,(H,30,31,35). The Morgan fingerprint density at radius 3 is 2.16 bits per heavy atom. The first kappa shape index (κ1) is 25.2. The SMILES string of the molecule is CC(C)(COC(=O)Nc1ccc(-c2ccc(C(F)(F)F)cc2)cn1)CN1C(=O)C2C3CCC(O3)C2C1=O. The van der Waals surface area contributed by atoms with Gasteiger partial charge in [0.2, 0.25) is 11.8 Å². The number of pyridine rings is 1. The second-order valence-corrected chi connectivity index (χ2v) is 10.5. The van der Waals surface area contributed by atoms with Crippen LogP contribution >= 0.6 is 0 Å². The van der Waals surface area contributed by atoms with Crippen LogP contribution in [0.3, 0.4) is 0 Å². The van der Waals surface area contributed by atoms with Gasteiger partial charge in [-0.15, -0.1) is 0 Å². The molecule has 1 aromatic heterocycles. The number of fused-ring (bicyclic) bond motifs is 5. The smallest absolute Gasteiger partial charge is 0.416 e. The molecule has 3 amide bonds. The summed E-state index contributed by atoms with van der Waals surface area (Å²) in [4.78, 5) is 43.5. The molecule has 3 aliphatic rings. The highest BCUT2D eigenvalue weighted by Gasteiger charge is 2.62. The van der Waals surface area contributed by atoms with E-state index >= 15 is 0 Å². The number of benzene rings is 1. The molecule has 0 aliphatic carbocycles. The van der Waals surface area contributed by atoms with E-state index in [1.54, 1.807) is 19.9 Å². The molecule has 0 spiro atoms. The number of carbonyl (C=O) groups is 3. The van der Waals surface area contributed by atoms with Crippen molar-refractivity contribution in [2.45, 2.75) is 45.1 Å². The van der Waals surface area contributed by atoms with Crippen LogP contribution in [0.4, 0.5) is 23.8 Å². The normalized spacial score (nSPS) is 24.9. The van der Waals surface area contributed by atoms with Crippen LogP contribution in [0.2, 0.25) is 0 Å². The fraction of sp³-hybridized carbons (Fsp3) is 0.462. The minimum atomic E-state index is -4.41. The summed E-state index contributed by atoms with van der Waals surface area (Å²) >= 11 is 0. The molecule has 4 atom stereocenters. The summed E-state index contributed by atoms with van der Waals surface area (Å²) < 4.78 is 49.3. The topological polar surface area (TPSA) is 97.8 Å². The summed E-state index contributed by atoms with van der Waals surface area (Å²) in [5.41, 5.74) is -0.292. The molecule has 3 aliphatic heterocycles. The highest BCUT2D eigenvalue weighted by Crippen LogP contribution is 2.48. The molecule has 4 unspecified atom stereocenters. The fourth-order valence-electron chi connectivity index (χ4n) is 5.30. The minimum Gasteiger partial charge on any atom is -0.449 e. The molecule has 1 aromatic carbocycles. The minimum absolute atomic E-state index is 0.0434. The fourth-order valence-corrected chi connectivity index (χ4v) is 5.30. The van der Waals surface area contributed by atoms with Gasteiger partial charge in [-0.3, -0.25) is 19.8 Å². The van der Waals surface area contributed by atoms with E-state index in [-0.39, 0.29) is 43.0 Å². The second kappa shape index (κ2) is 9.13. The Labute approximate surface area is 211 Å². The van der Waals surface area contributed by atoms with Crippen LogP contribution in [-0.4, -0.2) is 53.2 Å². The van der Waals surface area contributed by atoms with Gasteiger partial charge in [0.25, 0.3) is 0 Å². The molecule has 4 heterocycles. The molecule has 5 rings (SSSR count). The summed E-state index contributed by atoms with van der Waals surface area (Å²) in [6.07, 6.45) is -2.51. The Kier molecular flexibility index (Phi) is 6.21. The number of anilines is 1. The predicted molar refractivity (Wildman–Crippen MR) is 125 cm³/mol. The molecule has 1 N–H and O–H groups in total. The van der Waals surface area contributed by atoms with Crippen molar-refractivity contribution in [1.82, 2.24) is 9.88 Å². The maximum absolute atomic E-state index is 12.9. The molecular formula is C26H26F3N3O5. The van der Waals surface area contributed by atoms with E-state index in [4.69, 9.17) is 9.47 Å². The summed E-state index contributed by atoms with van der Waals surface area (Å²) in [6.45, 7) is 3.69. The van der Waals surface area contributed by atoms with Gasteiger partial charge in [-0.1, -0.05) is 26.0 Å². The van der Waals surface area contributed by atoms with Gasteiger partial charge >= 0.3 is 12.3 Å². The predicted octanol–water partition coefficient (Wildman–Crippen LogP) is 4.50. The third-order valence-corrected chi connectivity index (χ3v) is 7.09. The van der Waals surface area contributed by atoms with E-state index in [1.807, 2.05) is 0 Å². The molecular weight excluding hydrogens is 491 g/mol. The molecule has 37 heavy (non-hydrogen) atoms. The van der Waals surface area contributed by atoms with E-state index in [0.29, 0.717) is 11.1 Å². The number of nitrogens with one attached hydrogen (secondary N) is 1. The maximum atomic E-state index is 12.9. The lowest BCUT2D eigenvalue weighted by atomic mass is 9.81. The largest absolute Gasteiger partial charge is 0.449 e. The Hall–Kier alpha value is -3.47. The first-order valence-corrected chi connectivity index (χ1v) is 12.0. The molecule has 11 heteroatoms. The third kappa shape index (κ3) is 4.92. The van der Waals surface area contributed by atoms with Crippen molar-refractivity contribution >= 4 is 23.7 Å². The summed E-state index contributed by atoms with van der Waals surface area (Å²) in [7, 11) is 0. The van der Waals surface area contributed by atoms with E-state index in [0.717, 1.165) is 25.0 Å². The number of hydrogen-bond acceptors (Lipinski definition) is 6. The number of imide groups is 1. The van der Waals surface area contributed by atoms with Crippen molar-refractivity contribution < 1.29 is 37.0 Å². The zero-order chi connectivity index (χ0) is 26.5. The number of hydrogen-bond donors (Lipinski definition) is 1. The quantitative estimate of drug-likeness (QED) is 0.567. The van der Waals surface area contributed by atoms with Crippen molar-refractivity contribution in [3.8, 4) is 11.1 Å². The van der Waals surface area contributed by atoms with Crippen molar-refractivity contribution in [3.05, 3.63) is 48.2 Å². The lowest BCUT2D eigenvalue weighted by Crippen LogP contribution is -2.43. The maximum Gasteiger partial charge on any atom is 0.416 e. The number of rotatable bonds is 6. The van der Waals surface area contributed by atoms with Crippen molar-refractivity contribution in [2.24, 2.45) is 17.3 Å². The highest BCUT2D eigenvalue weighted by atomic mass is 19.4. The molecule has 8 nitrogen and oxygen atoms in total. The van der Waals surface area contributed by atoms with E-state index in [9.17, 15) is 27.6 Å². The van der Waals surface area contributed by atoms with Gasteiger partial charge in [-0.25, -0.2) is 9.78 Å². The molecule has 196 valence electrons. The number of alkyl halides is 3. The van der Waals surface area contributed by atoms with Crippen LogP contribution < -0.4 is 5.32 Å². The van der Waals surface area contributed by atoms with Gasteiger partial charge in [-0.05, 0) is 42.7 Å². The van der Waals surface area contributed by atoms with Gasteiger partial charge in [-0.2, -0.15) is 13.2 Å². The number of aromatic nitrogens is 1. The highest BCUT2D eigenvalue weighted by molar-refractivity contribution is 6.06. The zero-order valence-electron chi connectivity index (χ0n) is 20.2. The Bertz CT molecular complexity index is 1190. The van der Waals surface area contributed by atoms with E-state index in [1.165, 1.54) is 29.3 Å². The van der Waals surface area contributed by atoms with E-state index < -0.39 is 35.1 Å². The van der Waals surface area contributed by atoms with Crippen LogP contribution in [-0.2, 0) is 25.2 Å². The van der Waals surface area contributed by atoms with E-state index in [2.05, 4.69) is 10.3 Å². The van der Waals surface area contributed by atoms with Crippen molar-refractivity contribution in [2.75, 3.05) is 18.5 Å². The first-order valence-electron chi connectivity index (χ1n) is 12.0. The number of likely N-dealkylation sites (tertiary alicyclic amines) is 1. The summed E-state index contributed by atoms with van der Waals surface area (Å²) in [5.74, 6) is -1.02. The number of nitrogens with zero attached hydrogens (tertiary/aromatic N) is 2. The monoisotopic (exact) mass is 517 g/mol. The van der Waals surface area contributed by atoms with Crippen LogP contribution in [0, 0.1) is 17.3 Å². The second-order valence-electron chi connectivity index (χ2n) is 10.5. The van der Waals surface area contributed by atoms with Crippen LogP contribution in [0.25, 0.3) is 11.1 Å². The van der Waals surface area contributed by atoms with Gasteiger partial charge < -0.3 is 9.47 Å².